The minimum atomic E-state index is -0.361. The third-order valence-electron chi connectivity index (χ3n) is 2.04. The summed E-state index contributed by atoms with van der Waals surface area (Å²) in [7, 11) is 0. The molecule has 0 amide bonds. The Morgan fingerprint density at radius 1 is 1.06 bits per heavy atom. The summed E-state index contributed by atoms with van der Waals surface area (Å²) >= 11 is 0. The Labute approximate surface area is 100.0 Å². The molecule has 0 saturated carbocycles. The number of benzene rings is 1. The van der Waals surface area contributed by atoms with Crippen molar-refractivity contribution in [2.24, 2.45) is 0 Å². The number of rotatable bonds is 1. The van der Waals surface area contributed by atoms with E-state index in [-0.39, 0.29) is 12.2 Å². The molecule has 0 radical (unpaired) electrons. The highest BCUT2D eigenvalue weighted by Gasteiger charge is 2.36. The Morgan fingerprint density at radius 3 is 2.53 bits per heavy atom. The van der Waals surface area contributed by atoms with E-state index >= 15 is 0 Å². The number of ether oxygens (including phenoxy) is 1. The predicted molar refractivity (Wildman–Crippen MR) is 63.6 cm³/mol. The lowest BCUT2D eigenvalue weighted by molar-refractivity contribution is -0.108. The molecule has 0 bridgehead atoms. The van der Waals surface area contributed by atoms with Crippen LogP contribution in [0, 0.1) is 35.5 Å². The number of aldehydes is 1. The Morgan fingerprint density at radius 2 is 1.82 bits per heavy atom. The summed E-state index contributed by atoms with van der Waals surface area (Å²) < 4.78 is 4.90. The molecule has 2 nitrogen and oxygen atoms in total. The van der Waals surface area contributed by atoms with Crippen LogP contribution in [0.25, 0.3) is 0 Å². The third kappa shape index (κ3) is 3.54. The molecule has 1 aliphatic rings. The number of carbonyl (C=O) groups is 1. The van der Waals surface area contributed by atoms with Gasteiger partial charge in [-0.15, -0.1) is 0 Å². The minimum Gasteiger partial charge on any atom is -0.348 e. The molecule has 1 heterocycles. The van der Waals surface area contributed by atoms with Crippen LogP contribution in [-0.4, -0.2) is 18.5 Å². The second-order valence-corrected chi connectivity index (χ2v) is 3.29. The van der Waals surface area contributed by atoms with Crippen LogP contribution in [-0.2, 0) is 9.53 Å². The average Bonchev–Trinajstić information content (AvgIpc) is 3.13. The Bertz CT molecular complexity index is 582. The molecule has 0 spiro atoms. The van der Waals surface area contributed by atoms with Gasteiger partial charge < -0.3 is 9.53 Å². The van der Waals surface area contributed by atoms with E-state index in [0.717, 1.165) is 11.8 Å². The quantitative estimate of drug-likeness (QED) is 0.401. The van der Waals surface area contributed by atoms with Crippen LogP contribution in [0.3, 0.4) is 0 Å². The van der Waals surface area contributed by atoms with Gasteiger partial charge in [0, 0.05) is 5.56 Å². The van der Waals surface area contributed by atoms with Crippen molar-refractivity contribution in [2.45, 2.75) is 12.2 Å². The fourth-order valence-corrected chi connectivity index (χ4v) is 1.14. The van der Waals surface area contributed by atoms with Gasteiger partial charge in [0.2, 0.25) is 0 Å². The molecule has 1 aliphatic heterocycles. The molecule has 1 saturated heterocycles. The zero-order valence-electron chi connectivity index (χ0n) is 8.94. The van der Waals surface area contributed by atoms with Gasteiger partial charge in [-0.05, 0) is 35.8 Å². The SMILES string of the molecule is O=C[C@H]1O[C@@H]1C#CC#CC#Cc1ccccc1. The predicted octanol–water partition coefficient (Wildman–Crippen LogP) is 1.01. The van der Waals surface area contributed by atoms with Gasteiger partial charge in [0.1, 0.15) is 0 Å². The highest BCUT2D eigenvalue weighted by Crippen LogP contribution is 2.17. The second-order valence-electron chi connectivity index (χ2n) is 3.29. The van der Waals surface area contributed by atoms with Crippen LogP contribution in [0.15, 0.2) is 30.3 Å². The zero-order chi connectivity index (χ0) is 11.9. The van der Waals surface area contributed by atoms with Gasteiger partial charge in [-0.25, -0.2) is 0 Å². The first kappa shape index (κ1) is 11.0. The van der Waals surface area contributed by atoms with E-state index < -0.39 is 0 Å². The maximum Gasteiger partial charge on any atom is 0.153 e. The van der Waals surface area contributed by atoms with E-state index in [0.29, 0.717) is 0 Å². The lowest BCUT2D eigenvalue weighted by Crippen LogP contribution is -1.89. The lowest BCUT2D eigenvalue weighted by Gasteiger charge is -1.83. The molecule has 2 atom stereocenters. The average molecular weight is 220 g/mol. The van der Waals surface area contributed by atoms with Crippen molar-refractivity contribution in [3.8, 4) is 35.5 Å². The fraction of sp³-hybridized carbons (Fsp3) is 0.133. The van der Waals surface area contributed by atoms with E-state index in [2.05, 4.69) is 35.5 Å². The number of hydrogen-bond acceptors (Lipinski definition) is 2. The van der Waals surface area contributed by atoms with Crippen LogP contribution in [0.2, 0.25) is 0 Å². The van der Waals surface area contributed by atoms with Crippen molar-refractivity contribution in [2.75, 3.05) is 0 Å². The Kier molecular flexibility index (Phi) is 3.61. The summed E-state index contributed by atoms with van der Waals surface area (Å²) in [6, 6.07) is 9.59. The minimum absolute atomic E-state index is 0.274. The van der Waals surface area contributed by atoms with Crippen LogP contribution >= 0.6 is 0 Å². The maximum absolute atomic E-state index is 10.2. The zero-order valence-corrected chi connectivity index (χ0v) is 8.94. The van der Waals surface area contributed by atoms with Gasteiger partial charge in [-0.2, -0.15) is 0 Å². The molecule has 0 N–H and O–H groups in total. The molecule has 0 aromatic heterocycles. The summed E-state index contributed by atoms with van der Waals surface area (Å²) in [6.07, 6.45) is 0.103. The largest absolute Gasteiger partial charge is 0.348 e. The number of epoxide rings is 1. The summed E-state index contributed by atoms with van der Waals surface area (Å²) in [5.74, 6) is 16.1. The molecule has 2 heteroatoms. The van der Waals surface area contributed by atoms with Crippen molar-refractivity contribution >= 4 is 6.29 Å². The highest BCUT2D eigenvalue weighted by molar-refractivity contribution is 5.62. The normalized spacial score (nSPS) is 19.5. The number of hydrogen-bond donors (Lipinski definition) is 0. The Hall–Kier alpha value is -2.47. The summed E-state index contributed by atoms with van der Waals surface area (Å²) in [6.45, 7) is 0. The lowest BCUT2D eigenvalue weighted by atomic mass is 10.2. The van der Waals surface area contributed by atoms with Crippen LogP contribution in [0.4, 0.5) is 0 Å². The van der Waals surface area contributed by atoms with E-state index in [1.54, 1.807) is 0 Å². The molecular weight excluding hydrogens is 212 g/mol. The summed E-state index contributed by atoms with van der Waals surface area (Å²) in [4.78, 5) is 10.2. The molecule has 80 valence electrons. The standard InChI is InChI=1S/C15H8O2/c16-12-15-14(17-15)11-7-2-1-4-8-13-9-5-3-6-10-13/h3,5-6,9-10,12,14-15H/t14-,15-/m1/s1. The van der Waals surface area contributed by atoms with E-state index in [9.17, 15) is 4.79 Å². The molecule has 0 aliphatic carbocycles. The summed E-state index contributed by atoms with van der Waals surface area (Å²) in [5, 5.41) is 0. The van der Waals surface area contributed by atoms with E-state index in [4.69, 9.17) is 4.74 Å². The molecule has 1 aromatic rings. The van der Waals surface area contributed by atoms with Crippen molar-refractivity contribution in [1.29, 1.82) is 0 Å². The molecule has 17 heavy (non-hydrogen) atoms. The van der Waals surface area contributed by atoms with E-state index in [1.165, 1.54) is 0 Å². The first-order valence-electron chi connectivity index (χ1n) is 5.07. The Balaban J connectivity index is 1.87. The van der Waals surface area contributed by atoms with Gasteiger partial charge in [-0.3, -0.25) is 0 Å². The monoisotopic (exact) mass is 220 g/mol. The van der Waals surface area contributed by atoms with Gasteiger partial charge in [-0.1, -0.05) is 30.0 Å². The van der Waals surface area contributed by atoms with Crippen molar-refractivity contribution in [3.05, 3.63) is 35.9 Å². The number of carbonyl (C=O) groups excluding carboxylic acids is 1. The van der Waals surface area contributed by atoms with Gasteiger partial charge in [0.25, 0.3) is 0 Å². The molecule has 1 fully saturated rings. The van der Waals surface area contributed by atoms with Crippen molar-refractivity contribution in [3.63, 3.8) is 0 Å². The maximum atomic E-state index is 10.2. The van der Waals surface area contributed by atoms with Gasteiger partial charge >= 0.3 is 0 Å². The van der Waals surface area contributed by atoms with Crippen molar-refractivity contribution < 1.29 is 9.53 Å². The first-order chi connectivity index (χ1) is 8.40. The molecule has 1 aromatic carbocycles. The third-order valence-corrected chi connectivity index (χ3v) is 2.04. The highest BCUT2D eigenvalue weighted by atomic mass is 16.6. The fourth-order valence-electron chi connectivity index (χ4n) is 1.14. The van der Waals surface area contributed by atoms with Gasteiger partial charge in [0.05, 0.1) is 0 Å². The van der Waals surface area contributed by atoms with Crippen LogP contribution in [0.5, 0.6) is 0 Å². The van der Waals surface area contributed by atoms with E-state index in [1.807, 2.05) is 30.3 Å². The first-order valence-corrected chi connectivity index (χ1v) is 5.07. The summed E-state index contributed by atoms with van der Waals surface area (Å²) in [5.41, 5.74) is 0.918. The van der Waals surface area contributed by atoms with Crippen LogP contribution < -0.4 is 0 Å². The van der Waals surface area contributed by atoms with Crippen LogP contribution in [0.1, 0.15) is 5.56 Å². The topological polar surface area (TPSA) is 29.6 Å². The second kappa shape index (κ2) is 5.57. The smallest absolute Gasteiger partial charge is 0.153 e. The van der Waals surface area contributed by atoms with Crippen molar-refractivity contribution in [1.82, 2.24) is 0 Å². The molecule has 2 rings (SSSR count). The molecule has 0 unspecified atom stereocenters. The van der Waals surface area contributed by atoms with Gasteiger partial charge in [0.15, 0.2) is 18.5 Å². The molecular formula is C15H8O2.